The van der Waals surface area contributed by atoms with Crippen LogP contribution in [0.5, 0.6) is 5.75 Å². The number of rotatable bonds is 6. The van der Waals surface area contributed by atoms with E-state index in [0.717, 1.165) is 11.1 Å². The molecule has 2 rings (SSSR count). The first-order chi connectivity index (χ1) is 11.3. The van der Waals surface area contributed by atoms with Crippen molar-refractivity contribution in [3.63, 3.8) is 0 Å². The topological polar surface area (TPSA) is 98.8 Å². The Morgan fingerprint density at radius 2 is 1.88 bits per heavy atom. The number of sulfone groups is 1. The van der Waals surface area contributed by atoms with Gasteiger partial charge in [-0.2, -0.15) is 0 Å². The van der Waals surface area contributed by atoms with Crippen molar-refractivity contribution in [2.75, 3.05) is 24.7 Å². The van der Waals surface area contributed by atoms with Crippen LogP contribution in [0.1, 0.15) is 17.5 Å². The molecule has 1 saturated heterocycles. The largest absolute Gasteiger partial charge is 0.481 e. The van der Waals surface area contributed by atoms with E-state index in [4.69, 9.17) is 9.47 Å². The van der Waals surface area contributed by atoms with Crippen molar-refractivity contribution < 1.29 is 27.5 Å². The molecule has 1 fully saturated rings. The van der Waals surface area contributed by atoms with E-state index in [1.807, 2.05) is 32.0 Å². The summed E-state index contributed by atoms with van der Waals surface area (Å²) in [5, 5.41) is 2.55. The molecule has 7 nitrogen and oxygen atoms in total. The van der Waals surface area contributed by atoms with Crippen LogP contribution in [0.15, 0.2) is 18.2 Å². The Labute approximate surface area is 141 Å². The summed E-state index contributed by atoms with van der Waals surface area (Å²) >= 11 is 0. The first-order valence-corrected chi connectivity index (χ1v) is 9.43. The Morgan fingerprint density at radius 1 is 1.21 bits per heavy atom. The van der Waals surface area contributed by atoms with E-state index in [2.05, 4.69) is 5.32 Å². The quantitative estimate of drug-likeness (QED) is 0.748. The normalized spacial score (nSPS) is 18.8. The lowest BCUT2D eigenvalue weighted by Crippen LogP contribution is -2.38. The molecule has 0 aliphatic carbocycles. The summed E-state index contributed by atoms with van der Waals surface area (Å²) in [6.07, 6.45) is 0.387. The number of esters is 1. The van der Waals surface area contributed by atoms with Crippen LogP contribution in [0.25, 0.3) is 0 Å². The van der Waals surface area contributed by atoms with Gasteiger partial charge in [-0.1, -0.05) is 18.2 Å². The van der Waals surface area contributed by atoms with Crippen molar-refractivity contribution in [2.45, 2.75) is 26.3 Å². The Balaban J connectivity index is 1.72. The molecule has 0 spiro atoms. The van der Waals surface area contributed by atoms with Crippen LogP contribution in [0.4, 0.5) is 0 Å². The zero-order valence-electron chi connectivity index (χ0n) is 13.7. The molecule has 1 N–H and O–H groups in total. The van der Waals surface area contributed by atoms with Crippen LogP contribution < -0.4 is 10.1 Å². The summed E-state index contributed by atoms with van der Waals surface area (Å²) in [6.45, 7) is 3.00. The van der Waals surface area contributed by atoms with Gasteiger partial charge in [-0.25, -0.2) is 13.2 Å². The third-order valence-corrected chi connectivity index (χ3v) is 5.47. The van der Waals surface area contributed by atoms with Crippen molar-refractivity contribution in [1.82, 2.24) is 5.32 Å². The highest BCUT2D eigenvalue weighted by molar-refractivity contribution is 7.91. The minimum Gasteiger partial charge on any atom is -0.481 e. The van der Waals surface area contributed by atoms with Gasteiger partial charge in [0.05, 0.1) is 11.5 Å². The van der Waals surface area contributed by atoms with E-state index in [9.17, 15) is 18.0 Å². The van der Waals surface area contributed by atoms with Gasteiger partial charge in [0.2, 0.25) is 0 Å². The maximum absolute atomic E-state index is 11.7. The van der Waals surface area contributed by atoms with Crippen molar-refractivity contribution in [3.05, 3.63) is 29.3 Å². The van der Waals surface area contributed by atoms with Gasteiger partial charge in [0, 0.05) is 6.04 Å². The lowest BCUT2D eigenvalue weighted by molar-refractivity contribution is -0.150. The summed E-state index contributed by atoms with van der Waals surface area (Å²) < 4.78 is 32.9. The van der Waals surface area contributed by atoms with E-state index in [0.29, 0.717) is 12.2 Å². The zero-order chi connectivity index (χ0) is 17.7. The maximum Gasteiger partial charge on any atom is 0.344 e. The molecule has 0 radical (unpaired) electrons. The van der Waals surface area contributed by atoms with Crippen molar-refractivity contribution in [3.8, 4) is 5.75 Å². The Morgan fingerprint density at radius 3 is 2.46 bits per heavy atom. The molecule has 1 heterocycles. The van der Waals surface area contributed by atoms with Crippen LogP contribution in [0, 0.1) is 13.8 Å². The van der Waals surface area contributed by atoms with Gasteiger partial charge in [-0.05, 0) is 31.4 Å². The molecule has 1 aromatic carbocycles. The third-order valence-electron chi connectivity index (χ3n) is 3.70. The molecule has 132 valence electrons. The van der Waals surface area contributed by atoms with Crippen molar-refractivity contribution in [1.29, 1.82) is 0 Å². The number of carbonyl (C=O) groups is 2. The maximum atomic E-state index is 11.7. The van der Waals surface area contributed by atoms with Crippen LogP contribution in [0.2, 0.25) is 0 Å². The first kappa shape index (κ1) is 18.3. The minimum atomic E-state index is -3.06. The van der Waals surface area contributed by atoms with E-state index in [1.54, 1.807) is 0 Å². The Hall–Kier alpha value is -2.09. The highest BCUT2D eigenvalue weighted by Crippen LogP contribution is 2.22. The Kier molecular flexibility index (Phi) is 5.82. The van der Waals surface area contributed by atoms with Gasteiger partial charge in [0.15, 0.2) is 23.1 Å². The molecule has 24 heavy (non-hydrogen) atoms. The molecular weight excluding hydrogens is 334 g/mol. The predicted molar refractivity (Wildman–Crippen MR) is 87.6 cm³/mol. The van der Waals surface area contributed by atoms with Gasteiger partial charge in [-0.15, -0.1) is 0 Å². The molecular formula is C16H21NO6S. The van der Waals surface area contributed by atoms with E-state index in [1.165, 1.54) is 0 Å². The van der Waals surface area contributed by atoms with Gasteiger partial charge in [0.1, 0.15) is 5.75 Å². The summed E-state index contributed by atoms with van der Waals surface area (Å²) in [5.41, 5.74) is 1.81. The second kappa shape index (κ2) is 7.65. The van der Waals surface area contributed by atoms with Crippen LogP contribution in [-0.4, -0.2) is 51.1 Å². The molecule has 0 unspecified atom stereocenters. The van der Waals surface area contributed by atoms with Gasteiger partial charge < -0.3 is 14.8 Å². The number of benzene rings is 1. The molecule has 8 heteroatoms. The monoisotopic (exact) mass is 355 g/mol. The molecule has 1 atom stereocenters. The van der Waals surface area contributed by atoms with Crippen LogP contribution in [0.3, 0.4) is 0 Å². The zero-order valence-corrected chi connectivity index (χ0v) is 14.5. The van der Waals surface area contributed by atoms with Crippen LogP contribution in [-0.2, 0) is 24.2 Å². The predicted octanol–water partition coefficient (Wildman–Crippen LogP) is 0.529. The van der Waals surface area contributed by atoms with Crippen molar-refractivity contribution in [2.24, 2.45) is 0 Å². The van der Waals surface area contributed by atoms with E-state index >= 15 is 0 Å². The molecule has 1 aliphatic heterocycles. The molecule has 0 saturated carbocycles. The number of para-hydroxylation sites is 1. The second-order valence-corrected chi connectivity index (χ2v) is 8.07. The number of aryl methyl sites for hydroxylation is 2. The summed E-state index contributed by atoms with van der Waals surface area (Å²) in [4.78, 5) is 23.3. The van der Waals surface area contributed by atoms with E-state index < -0.39 is 34.4 Å². The lowest BCUT2D eigenvalue weighted by atomic mass is 10.1. The number of hydrogen-bond acceptors (Lipinski definition) is 6. The van der Waals surface area contributed by atoms with Gasteiger partial charge in [0.25, 0.3) is 5.91 Å². The third kappa shape index (κ3) is 5.23. The van der Waals surface area contributed by atoms with Crippen molar-refractivity contribution >= 4 is 21.7 Å². The summed E-state index contributed by atoms with van der Waals surface area (Å²) in [5.74, 6) is -0.552. The number of amides is 1. The van der Waals surface area contributed by atoms with E-state index in [-0.39, 0.29) is 18.1 Å². The molecule has 1 aromatic rings. The lowest BCUT2D eigenvalue weighted by Gasteiger charge is -2.13. The molecule has 1 amide bonds. The Bertz CT molecular complexity index is 708. The fourth-order valence-electron chi connectivity index (χ4n) is 2.52. The number of nitrogens with one attached hydrogen (secondary N) is 1. The molecule has 0 bridgehead atoms. The first-order valence-electron chi connectivity index (χ1n) is 7.61. The van der Waals surface area contributed by atoms with Gasteiger partial charge in [-0.3, -0.25) is 4.79 Å². The number of hydrogen-bond donors (Lipinski definition) is 1. The minimum absolute atomic E-state index is 0.0671. The summed E-state index contributed by atoms with van der Waals surface area (Å²) in [6, 6.07) is 5.23. The fraction of sp³-hybridized carbons (Fsp3) is 0.500. The second-order valence-electron chi connectivity index (χ2n) is 5.84. The highest BCUT2D eigenvalue weighted by Gasteiger charge is 2.29. The number of carbonyl (C=O) groups excluding carboxylic acids is 2. The summed E-state index contributed by atoms with van der Waals surface area (Å²) in [7, 11) is -3.06. The molecule has 0 aromatic heterocycles. The average molecular weight is 355 g/mol. The highest BCUT2D eigenvalue weighted by atomic mass is 32.2. The molecule has 1 aliphatic rings. The smallest absolute Gasteiger partial charge is 0.344 e. The van der Waals surface area contributed by atoms with Crippen LogP contribution >= 0.6 is 0 Å². The standard InChI is InChI=1S/C16H21NO6S/c1-11-4-3-5-12(2)16(11)23-9-15(19)22-8-14(18)17-13-6-7-24(20,21)10-13/h3-5,13H,6-10H2,1-2H3,(H,17,18)/t13-/m1/s1. The number of ether oxygens (including phenoxy) is 2. The SMILES string of the molecule is Cc1cccc(C)c1OCC(=O)OCC(=O)N[C@@H]1CCS(=O)(=O)C1. The van der Waals surface area contributed by atoms with Gasteiger partial charge >= 0.3 is 5.97 Å². The fourth-order valence-corrected chi connectivity index (χ4v) is 4.20. The average Bonchev–Trinajstić information content (AvgIpc) is 2.83.